The van der Waals surface area contributed by atoms with Gasteiger partial charge in [-0.2, -0.15) is 0 Å². The van der Waals surface area contributed by atoms with Gasteiger partial charge in [0.15, 0.2) is 0 Å². The Hall–Kier alpha value is -2.48. The number of nitrogens with zero attached hydrogens (tertiary/aromatic N) is 1. The molecule has 0 saturated carbocycles. The summed E-state index contributed by atoms with van der Waals surface area (Å²) in [4.78, 5) is 18.1. The quantitative estimate of drug-likeness (QED) is 0.699. The van der Waals surface area contributed by atoms with Gasteiger partial charge in [0.2, 0.25) is 0 Å². The van der Waals surface area contributed by atoms with Crippen molar-refractivity contribution in [3.05, 3.63) is 71.4 Å². The van der Waals surface area contributed by atoms with Gasteiger partial charge >= 0.3 is 0 Å². The highest BCUT2D eigenvalue weighted by Crippen LogP contribution is 2.27. The van der Waals surface area contributed by atoms with Gasteiger partial charge in [0.25, 0.3) is 15.9 Å². The maximum absolute atomic E-state index is 12.5. The number of rotatable bonds is 4. The molecule has 3 rings (SSSR count). The van der Waals surface area contributed by atoms with E-state index in [1.165, 1.54) is 18.3 Å². The molecule has 24 heavy (non-hydrogen) atoms. The SMILES string of the molecule is O=C(NNS(=O)(=O)c1ccc(Cl)c2ncccc12)c1ccccc1. The van der Waals surface area contributed by atoms with E-state index in [0.29, 0.717) is 21.5 Å². The lowest BCUT2D eigenvalue weighted by molar-refractivity contribution is 0.0945. The molecule has 0 radical (unpaired) electrons. The van der Waals surface area contributed by atoms with E-state index in [4.69, 9.17) is 11.6 Å². The van der Waals surface area contributed by atoms with Gasteiger partial charge in [-0.25, -0.2) is 8.42 Å². The van der Waals surface area contributed by atoms with Crippen LogP contribution in [-0.4, -0.2) is 19.3 Å². The summed E-state index contributed by atoms with van der Waals surface area (Å²) in [5.41, 5.74) is 2.89. The van der Waals surface area contributed by atoms with Crippen LogP contribution in [0, 0.1) is 0 Å². The average molecular weight is 362 g/mol. The molecule has 0 spiro atoms. The summed E-state index contributed by atoms with van der Waals surface area (Å²) < 4.78 is 25.0. The lowest BCUT2D eigenvalue weighted by Crippen LogP contribution is -2.41. The highest BCUT2D eigenvalue weighted by molar-refractivity contribution is 7.89. The molecular formula is C16H12ClN3O3S. The number of nitrogens with one attached hydrogen (secondary N) is 2. The van der Waals surface area contributed by atoms with Crippen molar-refractivity contribution >= 4 is 38.4 Å². The molecule has 122 valence electrons. The van der Waals surface area contributed by atoms with Gasteiger partial charge in [0, 0.05) is 17.1 Å². The first-order chi connectivity index (χ1) is 11.5. The second kappa shape index (κ2) is 6.56. The zero-order chi connectivity index (χ0) is 17.2. The Morgan fingerprint density at radius 2 is 1.75 bits per heavy atom. The number of aromatic nitrogens is 1. The zero-order valence-corrected chi connectivity index (χ0v) is 13.8. The number of hydrogen-bond donors (Lipinski definition) is 2. The van der Waals surface area contributed by atoms with E-state index >= 15 is 0 Å². The fraction of sp³-hybridized carbons (Fsp3) is 0. The van der Waals surface area contributed by atoms with Crippen LogP contribution < -0.4 is 10.3 Å². The molecule has 1 amide bonds. The minimum absolute atomic E-state index is 0.0247. The van der Waals surface area contributed by atoms with Crippen LogP contribution in [0.4, 0.5) is 0 Å². The van der Waals surface area contributed by atoms with Crippen molar-refractivity contribution in [2.75, 3.05) is 0 Å². The number of amides is 1. The first-order valence-electron chi connectivity index (χ1n) is 6.89. The largest absolute Gasteiger partial charge is 0.273 e. The third kappa shape index (κ3) is 3.23. The van der Waals surface area contributed by atoms with E-state index < -0.39 is 15.9 Å². The van der Waals surface area contributed by atoms with E-state index in [0.717, 1.165) is 0 Å². The van der Waals surface area contributed by atoms with E-state index in [2.05, 4.69) is 15.2 Å². The minimum Gasteiger partial charge on any atom is -0.273 e. The van der Waals surface area contributed by atoms with E-state index in [9.17, 15) is 13.2 Å². The highest BCUT2D eigenvalue weighted by atomic mass is 35.5. The van der Waals surface area contributed by atoms with Crippen molar-refractivity contribution in [2.45, 2.75) is 4.90 Å². The lowest BCUT2D eigenvalue weighted by atomic mass is 10.2. The van der Waals surface area contributed by atoms with Crippen LogP contribution >= 0.6 is 11.6 Å². The molecule has 0 unspecified atom stereocenters. The molecule has 2 aromatic carbocycles. The topological polar surface area (TPSA) is 88.2 Å². The number of pyridine rings is 1. The van der Waals surface area contributed by atoms with Crippen LogP contribution in [0.15, 0.2) is 65.7 Å². The van der Waals surface area contributed by atoms with E-state index in [1.807, 2.05) is 0 Å². The van der Waals surface area contributed by atoms with Crippen molar-refractivity contribution in [3.63, 3.8) is 0 Å². The number of sulfonamides is 1. The van der Waals surface area contributed by atoms with E-state index in [-0.39, 0.29) is 4.90 Å². The Labute approximate surface area is 143 Å². The Kier molecular flexibility index (Phi) is 4.48. The summed E-state index contributed by atoms with van der Waals surface area (Å²) in [5, 5.41) is 0.712. The van der Waals surface area contributed by atoms with E-state index in [1.54, 1.807) is 42.5 Å². The van der Waals surface area contributed by atoms with Gasteiger partial charge in [-0.05, 0) is 36.4 Å². The molecule has 0 aliphatic heterocycles. The number of hydrogen-bond acceptors (Lipinski definition) is 4. The Morgan fingerprint density at radius 1 is 1.00 bits per heavy atom. The van der Waals surface area contributed by atoms with Gasteiger partial charge in [0.1, 0.15) is 0 Å². The zero-order valence-electron chi connectivity index (χ0n) is 12.2. The molecule has 2 N–H and O–H groups in total. The molecule has 0 bridgehead atoms. The van der Waals surface area contributed by atoms with Crippen molar-refractivity contribution in [1.82, 2.24) is 15.2 Å². The monoisotopic (exact) mass is 361 g/mol. The van der Waals surface area contributed by atoms with Crippen LogP contribution in [0.5, 0.6) is 0 Å². The van der Waals surface area contributed by atoms with Gasteiger partial charge in [-0.3, -0.25) is 15.2 Å². The first-order valence-corrected chi connectivity index (χ1v) is 8.75. The van der Waals surface area contributed by atoms with Gasteiger partial charge < -0.3 is 0 Å². The summed E-state index contributed by atoms with van der Waals surface area (Å²) in [6, 6.07) is 14.3. The Morgan fingerprint density at radius 3 is 2.50 bits per heavy atom. The third-order valence-electron chi connectivity index (χ3n) is 3.30. The van der Waals surface area contributed by atoms with Crippen LogP contribution in [0.3, 0.4) is 0 Å². The third-order valence-corrected chi connectivity index (χ3v) is 4.92. The molecule has 1 aromatic heterocycles. The summed E-state index contributed by atoms with van der Waals surface area (Å²) in [5.74, 6) is -0.560. The first kappa shape index (κ1) is 16.4. The Balaban J connectivity index is 1.89. The number of halogens is 1. The summed E-state index contributed by atoms with van der Waals surface area (Å²) in [6.45, 7) is 0. The molecule has 0 aliphatic rings. The smallest absolute Gasteiger partial charge is 0.266 e. The lowest BCUT2D eigenvalue weighted by Gasteiger charge is -2.11. The molecule has 0 atom stereocenters. The van der Waals surface area contributed by atoms with Crippen LogP contribution in [0.2, 0.25) is 5.02 Å². The molecular weight excluding hydrogens is 350 g/mol. The number of hydrazine groups is 1. The number of carbonyl (C=O) groups excluding carboxylic acids is 1. The maximum Gasteiger partial charge on any atom is 0.266 e. The fourth-order valence-electron chi connectivity index (χ4n) is 2.18. The maximum atomic E-state index is 12.5. The molecule has 0 saturated heterocycles. The highest BCUT2D eigenvalue weighted by Gasteiger charge is 2.20. The molecule has 1 heterocycles. The van der Waals surface area contributed by atoms with Gasteiger partial charge in [0.05, 0.1) is 15.4 Å². The molecule has 8 heteroatoms. The second-order valence-electron chi connectivity index (χ2n) is 4.87. The Bertz CT molecular complexity index is 1010. The van der Waals surface area contributed by atoms with Crippen molar-refractivity contribution in [3.8, 4) is 0 Å². The standard InChI is InChI=1S/C16H12ClN3O3S/c17-13-8-9-14(12-7-4-10-18-15(12)13)24(22,23)20-19-16(21)11-5-2-1-3-6-11/h1-10,20H,(H,19,21). The average Bonchev–Trinajstić information content (AvgIpc) is 2.61. The molecule has 6 nitrogen and oxygen atoms in total. The number of benzene rings is 2. The van der Waals surface area contributed by atoms with Crippen LogP contribution in [0.25, 0.3) is 10.9 Å². The number of fused-ring (bicyclic) bond motifs is 1. The fourth-order valence-corrected chi connectivity index (χ4v) is 3.43. The van der Waals surface area contributed by atoms with Crippen molar-refractivity contribution in [1.29, 1.82) is 0 Å². The normalized spacial score (nSPS) is 11.4. The molecule has 0 fully saturated rings. The van der Waals surface area contributed by atoms with Crippen LogP contribution in [0.1, 0.15) is 10.4 Å². The minimum atomic E-state index is -3.99. The van der Waals surface area contributed by atoms with Crippen LogP contribution in [-0.2, 0) is 10.0 Å². The van der Waals surface area contributed by atoms with Gasteiger partial charge in [-0.1, -0.05) is 29.8 Å². The molecule has 0 aliphatic carbocycles. The van der Waals surface area contributed by atoms with Gasteiger partial charge in [-0.15, -0.1) is 4.83 Å². The summed E-state index contributed by atoms with van der Waals surface area (Å²) >= 11 is 6.04. The summed E-state index contributed by atoms with van der Waals surface area (Å²) in [7, 11) is -3.99. The van der Waals surface area contributed by atoms with Crippen molar-refractivity contribution < 1.29 is 13.2 Å². The summed E-state index contributed by atoms with van der Waals surface area (Å²) in [6.07, 6.45) is 1.52. The molecule has 3 aromatic rings. The number of carbonyl (C=O) groups is 1. The predicted molar refractivity (Wildman–Crippen MR) is 91.0 cm³/mol. The van der Waals surface area contributed by atoms with Crippen molar-refractivity contribution in [2.24, 2.45) is 0 Å². The second-order valence-corrected chi connectivity index (χ2v) is 6.93. The predicted octanol–water partition coefficient (Wildman–Crippen LogP) is 2.51.